The zero-order valence-electron chi connectivity index (χ0n) is 8.06. The summed E-state index contributed by atoms with van der Waals surface area (Å²) in [6, 6.07) is 0. The van der Waals surface area contributed by atoms with Crippen molar-refractivity contribution in [3.05, 3.63) is 6.33 Å². The van der Waals surface area contributed by atoms with Crippen molar-refractivity contribution in [1.29, 1.82) is 0 Å². The molecule has 0 bridgehead atoms. The number of aliphatic hydroxyl groups is 1. The van der Waals surface area contributed by atoms with Crippen LogP contribution in [0, 0.1) is 0 Å². The molecule has 0 saturated carbocycles. The molecular weight excluding hydrogens is 186 g/mol. The highest BCUT2D eigenvalue weighted by Crippen LogP contribution is 2.01. The van der Waals surface area contributed by atoms with Crippen LogP contribution in [0.3, 0.4) is 0 Å². The number of methoxy groups -OCH3 is 1. The number of aromatic nitrogens is 3. The molecular formula is C7H13N5O2. The van der Waals surface area contributed by atoms with Crippen molar-refractivity contribution >= 4 is 11.9 Å². The molecule has 1 heterocycles. The second-order valence-corrected chi connectivity index (χ2v) is 2.56. The van der Waals surface area contributed by atoms with Crippen LogP contribution in [0.25, 0.3) is 0 Å². The maximum atomic E-state index is 9.02. The van der Waals surface area contributed by atoms with E-state index in [0.29, 0.717) is 18.6 Å². The Morgan fingerprint density at radius 1 is 1.50 bits per heavy atom. The van der Waals surface area contributed by atoms with E-state index in [1.165, 1.54) is 6.33 Å². The van der Waals surface area contributed by atoms with Crippen LogP contribution in [0.2, 0.25) is 0 Å². The molecule has 0 fully saturated rings. The van der Waals surface area contributed by atoms with E-state index in [0.717, 1.165) is 0 Å². The Morgan fingerprint density at radius 2 is 2.21 bits per heavy atom. The third-order valence-corrected chi connectivity index (χ3v) is 1.28. The quantitative estimate of drug-likeness (QED) is 0.557. The van der Waals surface area contributed by atoms with E-state index in [1.807, 2.05) is 0 Å². The molecule has 1 aromatic heterocycles. The number of nitrogens with one attached hydrogen (secondary N) is 2. The highest BCUT2D eigenvalue weighted by Gasteiger charge is 2.01. The topological polar surface area (TPSA) is 92.2 Å². The van der Waals surface area contributed by atoms with E-state index < -0.39 is 6.23 Å². The molecule has 0 amide bonds. The predicted molar refractivity (Wildman–Crippen MR) is 50.6 cm³/mol. The fraction of sp³-hybridized carbons (Fsp3) is 0.571. The predicted octanol–water partition coefficient (Wildman–Crippen LogP) is -0.362. The number of hydrogen-bond donors (Lipinski definition) is 3. The van der Waals surface area contributed by atoms with Crippen LogP contribution >= 0.6 is 0 Å². The fourth-order valence-corrected chi connectivity index (χ4v) is 0.775. The SMILES string of the molecule is COCNc1ncnc(NC(C)O)n1. The van der Waals surface area contributed by atoms with Gasteiger partial charge in [-0.2, -0.15) is 4.98 Å². The molecule has 1 rings (SSSR count). The summed E-state index contributed by atoms with van der Waals surface area (Å²) in [6.45, 7) is 1.89. The summed E-state index contributed by atoms with van der Waals surface area (Å²) in [6.07, 6.45) is 0.642. The van der Waals surface area contributed by atoms with E-state index in [1.54, 1.807) is 14.0 Å². The first kappa shape index (κ1) is 10.6. The third-order valence-electron chi connectivity index (χ3n) is 1.28. The maximum absolute atomic E-state index is 9.02. The van der Waals surface area contributed by atoms with Gasteiger partial charge in [-0.15, -0.1) is 0 Å². The van der Waals surface area contributed by atoms with E-state index in [4.69, 9.17) is 9.84 Å². The minimum Gasteiger partial charge on any atom is -0.374 e. The van der Waals surface area contributed by atoms with Crippen molar-refractivity contribution in [3.8, 4) is 0 Å². The van der Waals surface area contributed by atoms with Crippen molar-refractivity contribution in [3.63, 3.8) is 0 Å². The fourth-order valence-electron chi connectivity index (χ4n) is 0.775. The van der Waals surface area contributed by atoms with Crippen molar-refractivity contribution in [1.82, 2.24) is 15.0 Å². The number of hydrogen-bond acceptors (Lipinski definition) is 7. The van der Waals surface area contributed by atoms with Gasteiger partial charge in [-0.05, 0) is 6.92 Å². The highest BCUT2D eigenvalue weighted by atomic mass is 16.5. The molecule has 0 radical (unpaired) electrons. The molecule has 14 heavy (non-hydrogen) atoms. The molecule has 0 aliphatic carbocycles. The molecule has 7 heteroatoms. The summed E-state index contributed by atoms with van der Waals surface area (Å²) < 4.78 is 4.79. The van der Waals surface area contributed by atoms with Crippen LogP contribution < -0.4 is 10.6 Å². The number of anilines is 2. The second-order valence-electron chi connectivity index (χ2n) is 2.56. The first-order valence-corrected chi connectivity index (χ1v) is 4.09. The van der Waals surface area contributed by atoms with Gasteiger partial charge in [0.1, 0.15) is 19.3 Å². The van der Waals surface area contributed by atoms with Crippen molar-refractivity contribution in [2.75, 3.05) is 24.5 Å². The summed E-state index contributed by atoms with van der Waals surface area (Å²) in [4.78, 5) is 11.6. The van der Waals surface area contributed by atoms with Crippen LogP contribution in [0.15, 0.2) is 6.33 Å². The standard InChI is InChI=1S/C7H13N5O2/c1-5(13)11-7-9-3-8-6(12-7)10-4-14-2/h3,5,13H,4H2,1-2H3,(H2,8,9,10,11,12). The van der Waals surface area contributed by atoms with Crippen molar-refractivity contribution in [2.45, 2.75) is 13.2 Å². The minimum atomic E-state index is -0.701. The molecule has 0 aromatic carbocycles. The van der Waals surface area contributed by atoms with Crippen LogP contribution in [0.4, 0.5) is 11.9 Å². The lowest BCUT2D eigenvalue weighted by Gasteiger charge is -2.08. The largest absolute Gasteiger partial charge is 0.374 e. The van der Waals surface area contributed by atoms with E-state index >= 15 is 0 Å². The van der Waals surface area contributed by atoms with Gasteiger partial charge in [-0.3, -0.25) is 0 Å². The van der Waals surface area contributed by atoms with E-state index in [-0.39, 0.29) is 0 Å². The average molecular weight is 199 g/mol. The van der Waals surface area contributed by atoms with Gasteiger partial charge in [0, 0.05) is 7.11 Å². The highest BCUT2D eigenvalue weighted by molar-refractivity contribution is 5.32. The molecule has 0 saturated heterocycles. The Labute approximate surface area is 81.6 Å². The summed E-state index contributed by atoms with van der Waals surface area (Å²) in [5.41, 5.74) is 0. The average Bonchev–Trinajstić information content (AvgIpc) is 2.14. The molecule has 3 N–H and O–H groups in total. The zero-order chi connectivity index (χ0) is 10.4. The van der Waals surface area contributed by atoms with Crippen LogP contribution in [0.5, 0.6) is 0 Å². The molecule has 7 nitrogen and oxygen atoms in total. The molecule has 0 spiro atoms. The summed E-state index contributed by atoms with van der Waals surface area (Å²) in [5.74, 6) is 0.707. The van der Waals surface area contributed by atoms with Gasteiger partial charge in [-0.25, -0.2) is 9.97 Å². The Bertz CT molecular complexity index is 281. The second kappa shape index (κ2) is 5.30. The van der Waals surface area contributed by atoms with Gasteiger partial charge in [0.25, 0.3) is 0 Å². The lowest BCUT2D eigenvalue weighted by molar-refractivity contribution is 0.220. The smallest absolute Gasteiger partial charge is 0.229 e. The van der Waals surface area contributed by atoms with Crippen LogP contribution in [-0.4, -0.2) is 40.1 Å². The lowest BCUT2D eigenvalue weighted by atomic mass is 10.6. The molecule has 0 aliphatic rings. The minimum absolute atomic E-state index is 0.314. The summed E-state index contributed by atoms with van der Waals surface area (Å²) in [7, 11) is 1.56. The van der Waals surface area contributed by atoms with Gasteiger partial charge in [0.2, 0.25) is 11.9 Å². The van der Waals surface area contributed by atoms with Crippen molar-refractivity contribution in [2.24, 2.45) is 0 Å². The Kier molecular flexibility index (Phi) is 4.02. The summed E-state index contributed by atoms with van der Waals surface area (Å²) >= 11 is 0. The van der Waals surface area contributed by atoms with Gasteiger partial charge < -0.3 is 20.5 Å². The number of ether oxygens (including phenoxy) is 1. The number of nitrogens with zero attached hydrogens (tertiary/aromatic N) is 3. The zero-order valence-corrected chi connectivity index (χ0v) is 8.06. The lowest BCUT2D eigenvalue weighted by Crippen LogP contribution is -2.17. The Hall–Kier alpha value is -1.47. The normalized spacial score (nSPS) is 12.2. The molecule has 1 atom stereocenters. The van der Waals surface area contributed by atoms with Gasteiger partial charge in [0.15, 0.2) is 0 Å². The van der Waals surface area contributed by atoms with Crippen molar-refractivity contribution < 1.29 is 9.84 Å². The Morgan fingerprint density at radius 3 is 2.86 bits per heavy atom. The van der Waals surface area contributed by atoms with Crippen LogP contribution in [0.1, 0.15) is 6.92 Å². The molecule has 1 unspecified atom stereocenters. The Balaban J connectivity index is 2.59. The van der Waals surface area contributed by atoms with Gasteiger partial charge in [-0.1, -0.05) is 0 Å². The van der Waals surface area contributed by atoms with Crippen LogP contribution in [-0.2, 0) is 4.74 Å². The first-order chi connectivity index (χ1) is 6.72. The van der Waals surface area contributed by atoms with Gasteiger partial charge >= 0.3 is 0 Å². The first-order valence-electron chi connectivity index (χ1n) is 4.09. The molecule has 78 valence electrons. The number of rotatable bonds is 5. The maximum Gasteiger partial charge on any atom is 0.229 e. The molecule has 1 aromatic rings. The third kappa shape index (κ3) is 3.50. The van der Waals surface area contributed by atoms with Gasteiger partial charge in [0.05, 0.1) is 0 Å². The monoisotopic (exact) mass is 199 g/mol. The molecule has 0 aliphatic heterocycles. The van der Waals surface area contributed by atoms with E-state index in [9.17, 15) is 0 Å². The number of aliphatic hydroxyl groups excluding tert-OH is 1. The van der Waals surface area contributed by atoms with E-state index in [2.05, 4.69) is 25.6 Å². The summed E-state index contributed by atoms with van der Waals surface area (Å²) in [5, 5.41) is 14.5.